The van der Waals surface area contributed by atoms with E-state index in [4.69, 9.17) is 14.2 Å². The van der Waals surface area contributed by atoms with Crippen LogP contribution in [0.15, 0.2) is 78.9 Å². The number of nitrogens with one attached hydrogen (secondary N) is 2. The van der Waals surface area contributed by atoms with Gasteiger partial charge in [-0.2, -0.15) is 0 Å². The van der Waals surface area contributed by atoms with Crippen LogP contribution < -0.4 is 24.8 Å². The van der Waals surface area contributed by atoms with Crippen LogP contribution in [0, 0.1) is 0 Å². The highest BCUT2D eigenvalue weighted by Crippen LogP contribution is 2.19. The zero-order valence-corrected chi connectivity index (χ0v) is 18.5. The second kappa shape index (κ2) is 12.2. The van der Waals surface area contributed by atoms with Crippen molar-refractivity contribution in [3.8, 4) is 17.2 Å². The molecule has 3 aromatic carbocycles. The minimum Gasteiger partial charge on any atom is -0.491 e. The van der Waals surface area contributed by atoms with Gasteiger partial charge in [-0.15, -0.1) is 0 Å². The van der Waals surface area contributed by atoms with E-state index in [0.717, 1.165) is 29.4 Å². The molecular weight excluding hydrogens is 404 g/mol. The third-order valence-electron chi connectivity index (χ3n) is 4.70. The van der Waals surface area contributed by atoms with Crippen LogP contribution in [-0.4, -0.2) is 31.8 Å². The van der Waals surface area contributed by atoms with Gasteiger partial charge in [-0.3, -0.25) is 4.79 Å². The average Bonchev–Trinajstić information content (AvgIpc) is 2.82. The SMILES string of the molecule is CCC(C)Oc1cccc(NCC(=O)Nc2ccc(OCCOc3ccccc3)cc2)c1. The molecule has 0 spiro atoms. The predicted octanol–water partition coefficient (Wildman–Crippen LogP) is 5.37. The van der Waals surface area contributed by atoms with Crippen LogP contribution in [0.1, 0.15) is 20.3 Å². The highest BCUT2D eigenvalue weighted by molar-refractivity contribution is 5.93. The van der Waals surface area contributed by atoms with Crippen LogP contribution >= 0.6 is 0 Å². The first-order chi connectivity index (χ1) is 15.6. The number of para-hydroxylation sites is 1. The first-order valence-electron chi connectivity index (χ1n) is 10.8. The van der Waals surface area contributed by atoms with Crippen molar-refractivity contribution >= 4 is 17.3 Å². The van der Waals surface area contributed by atoms with Crippen molar-refractivity contribution < 1.29 is 19.0 Å². The molecule has 2 N–H and O–H groups in total. The van der Waals surface area contributed by atoms with Gasteiger partial charge in [0.15, 0.2) is 0 Å². The maximum atomic E-state index is 12.3. The molecule has 0 aromatic heterocycles. The summed E-state index contributed by atoms with van der Waals surface area (Å²) in [5.74, 6) is 2.19. The summed E-state index contributed by atoms with van der Waals surface area (Å²) in [7, 11) is 0. The standard InChI is InChI=1S/C26H30N2O4/c1-3-20(2)32-25-11-7-8-22(18-25)27-19-26(29)28-21-12-14-24(15-13-21)31-17-16-30-23-9-5-4-6-10-23/h4-15,18,20,27H,3,16-17,19H2,1-2H3,(H,28,29). The Morgan fingerprint density at radius 3 is 2.16 bits per heavy atom. The highest BCUT2D eigenvalue weighted by atomic mass is 16.5. The van der Waals surface area contributed by atoms with Crippen LogP contribution in [0.3, 0.4) is 0 Å². The molecule has 1 amide bonds. The van der Waals surface area contributed by atoms with Crippen molar-refractivity contribution in [2.45, 2.75) is 26.4 Å². The molecule has 0 fully saturated rings. The van der Waals surface area contributed by atoms with Gasteiger partial charge in [0.05, 0.1) is 12.6 Å². The van der Waals surface area contributed by atoms with Crippen molar-refractivity contribution in [1.29, 1.82) is 0 Å². The lowest BCUT2D eigenvalue weighted by Gasteiger charge is -2.14. The molecule has 168 valence electrons. The molecule has 0 radical (unpaired) electrons. The fraction of sp³-hybridized carbons (Fsp3) is 0.269. The Hall–Kier alpha value is -3.67. The van der Waals surface area contributed by atoms with E-state index in [2.05, 4.69) is 17.6 Å². The quantitative estimate of drug-likeness (QED) is 0.375. The van der Waals surface area contributed by atoms with E-state index in [1.165, 1.54) is 0 Å². The maximum Gasteiger partial charge on any atom is 0.243 e. The van der Waals surface area contributed by atoms with Gasteiger partial charge >= 0.3 is 0 Å². The summed E-state index contributed by atoms with van der Waals surface area (Å²) in [5, 5.41) is 6.00. The summed E-state index contributed by atoms with van der Waals surface area (Å²) >= 11 is 0. The molecule has 3 aromatic rings. The molecular formula is C26H30N2O4. The number of anilines is 2. The van der Waals surface area contributed by atoms with Crippen LogP contribution in [0.5, 0.6) is 17.2 Å². The predicted molar refractivity (Wildman–Crippen MR) is 128 cm³/mol. The monoisotopic (exact) mass is 434 g/mol. The van der Waals surface area contributed by atoms with E-state index >= 15 is 0 Å². The van der Waals surface area contributed by atoms with Crippen LogP contribution in [0.25, 0.3) is 0 Å². The molecule has 0 heterocycles. The van der Waals surface area contributed by atoms with Crippen molar-refractivity contribution in [3.05, 3.63) is 78.9 Å². The normalized spacial score (nSPS) is 11.3. The molecule has 0 aliphatic rings. The topological polar surface area (TPSA) is 68.8 Å². The summed E-state index contributed by atoms with van der Waals surface area (Å²) < 4.78 is 17.1. The smallest absolute Gasteiger partial charge is 0.243 e. The van der Waals surface area contributed by atoms with Crippen molar-refractivity contribution in [2.75, 3.05) is 30.4 Å². The number of benzene rings is 3. The van der Waals surface area contributed by atoms with Gasteiger partial charge in [-0.05, 0) is 61.9 Å². The molecule has 0 bridgehead atoms. The Bertz CT molecular complexity index is 961. The first-order valence-corrected chi connectivity index (χ1v) is 10.8. The summed E-state index contributed by atoms with van der Waals surface area (Å²) in [6.07, 6.45) is 1.09. The van der Waals surface area contributed by atoms with E-state index < -0.39 is 0 Å². The lowest BCUT2D eigenvalue weighted by molar-refractivity contribution is -0.114. The fourth-order valence-electron chi connectivity index (χ4n) is 2.85. The van der Waals surface area contributed by atoms with Crippen molar-refractivity contribution in [3.63, 3.8) is 0 Å². The van der Waals surface area contributed by atoms with Crippen LogP contribution in [0.4, 0.5) is 11.4 Å². The number of ether oxygens (including phenoxy) is 3. The summed E-state index contributed by atoms with van der Waals surface area (Å²) in [4.78, 5) is 12.3. The van der Waals surface area contributed by atoms with E-state index in [0.29, 0.717) is 18.9 Å². The summed E-state index contributed by atoms with van der Waals surface area (Å²) in [6.45, 7) is 5.16. The Labute approximate surface area is 189 Å². The molecule has 32 heavy (non-hydrogen) atoms. The molecule has 6 nitrogen and oxygen atoms in total. The molecule has 1 unspecified atom stereocenters. The minimum absolute atomic E-state index is 0.136. The molecule has 0 aliphatic heterocycles. The fourth-order valence-corrected chi connectivity index (χ4v) is 2.85. The zero-order valence-electron chi connectivity index (χ0n) is 18.5. The molecule has 3 rings (SSSR count). The molecule has 0 aliphatic carbocycles. The number of amides is 1. The molecule has 6 heteroatoms. The number of hydrogen-bond donors (Lipinski definition) is 2. The number of carbonyl (C=O) groups excluding carboxylic acids is 1. The Kier molecular flexibility index (Phi) is 8.80. The van der Waals surface area contributed by atoms with Gasteiger partial charge in [0.2, 0.25) is 5.91 Å². The van der Waals surface area contributed by atoms with Crippen molar-refractivity contribution in [1.82, 2.24) is 0 Å². The first kappa shape index (κ1) is 23.0. The lowest BCUT2D eigenvalue weighted by atomic mass is 10.2. The van der Waals surface area contributed by atoms with E-state index in [1.54, 1.807) is 0 Å². The third-order valence-corrected chi connectivity index (χ3v) is 4.70. The van der Waals surface area contributed by atoms with Gasteiger partial charge in [0.1, 0.15) is 30.5 Å². The molecule has 0 saturated heterocycles. The highest BCUT2D eigenvalue weighted by Gasteiger charge is 2.05. The zero-order chi connectivity index (χ0) is 22.6. The Morgan fingerprint density at radius 2 is 1.47 bits per heavy atom. The Morgan fingerprint density at radius 1 is 0.812 bits per heavy atom. The van der Waals surface area contributed by atoms with Crippen molar-refractivity contribution in [2.24, 2.45) is 0 Å². The third kappa shape index (κ3) is 7.87. The van der Waals surface area contributed by atoms with E-state index in [9.17, 15) is 4.79 Å². The Balaban J connectivity index is 1.38. The summed E-state index contributed by atoms with van der Waals surface area (Å²) in [6, 6.07) is 24.5. The van der Waals surface area contributed by atoms with Gasteiger partial charge in [-0.25, -0.2) is 0 Å². The van der Waals surface area contributed by atoms with Gasteiger partial charge in [0.25, 0.3) is 0 Å². The molecule has 0 saturated carbocycles. The number of hydrogen-bond acceptors (Lipinski definition) is 5. The van der Waals surface area contributed by atoms with Gasteiger partial charge in [-0.1, -0.05) is 31.2 Å². The number of rotatable bonds is 12. The van der Waals surface area contributed by atoms with Gasteiger partial charge in [0, 0.05) is 17.4 Å². The van der Waals surface area contributed by atoms with Crippen LogP contribution in [0.2, 0.25) is 0 Å². The minimum atomic E-state index is -0.136. The lowest BCUT2D eigenvalue weighted by Crippen LogP contribution is -2.21. The number of carbonyl (C=O) groups is 1. The van der Waals surface area contributed by atoms with E-state index in [-0.39, 0.29) is 18.6 Å². The van der Waals surface area contributed by atoms with Crippen LogP contribution in [-0.2, 0) is 4.79 Å². The molecule has 1 atom stereocenters. The largest absolute Gasteiger partial charge is 0.491 e. The average molecular weight is 435 g/mol. The second-order valence-electron chi connectivity index (χ2n) is 7.30. The summed E-state index contributed by atoms with van der Waals surface area (Å²) in [5.41, 5.74) is 1.54. The van der Waals surface area contributed by atoms with E-state index in [1.807, 2.05) is 85.8 Å². The second-order valence-corrected chi connectivity index (χ2v) is 7.30. The van der Waals surface area contributed by atoms with Gasteiger partial charge < -0.3 is 24.8 Å². The maximum absolute atomic E-state index is 12.3.